The van der Waals surface area contributed by atoms with Gasteiger partial charge in [0.25, 0.3) is 0 Å². The summed E-state index contributed by atoms with van der Waals surface area (Å²) < 4.78 is 0. The molecule has 1 N–H and O–H groups in total. The Morgan fingerprint density at radius 2 is 1.11 bits per heavy atom. The Morgan fingerprint density at radius 1 is 0.778 bits per heavy atom. The minimum Gasteiger partial charge on any atom is -0.550 e. The molecule has 0 radical (unpaired) electrons. The molecule has 0 atom stereocenters. The maximum absolute atomic E-state index is 10.2. The minimum absolute atomic E-state index is 0. The average Bonchev–Trinajstić information content (AvgIpc) is 2.58. The smallest absolute Gasteiger partial charge is 0.550 e. The second-order valence-corrected chi connectivity index (χ2v) is 6.96. The van der Waals surface area contributed by atoms with Crippen molar-refractivity contribution in [3.05, 3.63) is 12.7 Å². The first kappa shape index (κ1) is 31.0. The van der Waals surface area contributed by atoms with Crippen molar-refractivity contribution in [2.75, 3.05) is 0 Å². The van der Waals surface area contributed by atoms with E-state index in [0.717, 1.165) is 12.8 Å². The van der Waals surface area contributed by atoms with Crippen molar-refractivity contribution in [3.8, 4) is 0 Å². The second-order valence-electron chi connectivity index (χ2n) is 6.96. The Balaban J connectivity index is -0.000000709. The Bertz CT molecular complexity index is 332. The van der Waals surface area contributed by atoms with Gasteiger partial charge in [0.15, 0.2) is 0 Å². The standard InChI is InChI=1S/C18H36O2.C4H6O2.Li/c1-2-3-4-5-6-7-8-9-10-11-12-13-14-15-16-17-18(19)20;1-2-3-4(5)6;/h2-17H2,1H3,(H,19,20);2H,1,3H2,(H,5,6);/q;;+1/p-1. The van der Waals surface area contributed by atoms with Crippen LogP contribution in [0.4, 0.5) is 0 Å². The largest absolute Gasteiger partial charge is 1.00 e. The molecule has 0 aromatic rings. The molecule has 0 aliphatic rings. The van der Waals surface area contributed by atoms with Crippen LogP contribution in [-0.4, -0.2) is 17.0 Å². The van der Waals surface area contributed by atoms with Crippen LogP contribution in [0.3, 0.4) is 0 Å². The predicted octanol–water partition coefficient (Wildman–Crippen LogP) is 2.65. The molecule has 0 spiro atoms. The van der Waals surface area contributed by atoms with Crippen molar-refractivity contribution in [2.45, 2.75) is 116 Å². The van der Waals surface area contributed by atoms with E-state index in [1.807, 2.05) is 0 Å². The molecule has 0 bridgehead atoms. The van der Waals surface area contributed by atoms with Crippen LogP contribution < -0.4 is 24.0 Å². The van der Waals surface area contributed by atoms with E-state index < -0.39 is 11.9 Å². The van der Waals surface area contributed by atoms with Gasteiger partial charge in [-0.2, -0.15) is 0 Å². The van der Waals surface area contributed by atoms with Crippen LogP contribution in [0.25, 0.3) is 0 Å². The number of unbranched alkanes of at least 4 members (excludes halogenated alkanes) is 14. The Morgan fingerprint density at radius 3 is 1.33 bits per heavy atom. The van der Waals surface area contributed by atoms with Crippen LogP contribution in [0, 0.1) is 0 Å². The topological polar surface area (TPSA) is 77.4 Å². The van der Waals surface area contributed by atoms with E-state index in [-0.39, 0.29) is 31.7 Å². The third kappa shape index (κ3) is 36.9. The molecule has 154 valence electrons. The molecule has 0 aromatic carbocycles. The van der Waals surface area contributed by atoms with E-state index >= 15 is 0 Å². The number of aliphatic carboxylic acids is 2. The summed E-state index contributed by atoms with van der Waals surface area (Å²) >= 11 is 0. The van der Waals surface area contributed by atoms with Crippen molar-refractivity contribution in [1.82, 2.24) is 0 Å². The number of rotatable bonds is 18. The molecule has 0 rings (SSSR count). The van der Waals surface area contributed by atoms with E-state index in [9.17, 15) is 14.7 Å². The third-order valence-corrected chi connectivity index (χ3v) is 4.30. The zero-order valence-electron chi connectivity index (χ0n) is 18.0. The van der Waals surface area contributed by atoms with Gasteiger partial charge in [0.05, 0.1) is 6.42 Å². The van der Waals surface area contributed by atoms with Gasteiger partial charge in [0.1, 0.15) is 0 Å². The number of carbonyl (C=O) groups is 2. The fraction of sp³-hybridized carbons (Fsp3) is 0.818. The van der Waals surface area contributed by atoms with E-state index in [1.165, 1.54) is 89.5 Å². The predicted molar refractivity (Wildman–Crippen MR) is 107 cm³/mol. The molecule has 0 heterocycles. The fourth-order valence-corrected chi connectivity index (χ4v) is 2.76. The number of hydrogen-bond donors (Lipinski definition) is 1. The van der Waals surface area contributed by atoms with Crippen LogP contribution in [0.2, 0.25) is 0 Å². The number of hydrogen-bond acceptors (Lipinski definition) is 3. The quantitative estimate of drug-likeness (QED) is 0.227. The van der Waals surface area contributed by atoms with Gasteiger partial charge in [-0.1, -0.05) is 103 Å². The van der Waals surface area contributed by atoms with E-state index in [4.69, 9.17) is 5.11 Å². The summed E-state index contributed by atoms with van der Waals surface area (Å²) in [5.74, 6) is -1.73. The molecule has 0 saturated heterocycles. The Kier molecular flexibility index (Phi) is 31.6. The SMILES string of the molecule is C=CCC(=O)O.CCCCCCCCCCCCCCCCCC(=O)[O-].[Li+]. The van der Waals surface area contributed by atoms with E-state index in [0.29, 0.717) is 0 Å². The summed E-state index contributed by atoms with van der Waals surface area (Å²) in [6, 6.07) is 0. The maximum Gasteiger partial charge on any atom is 1.00 e. The molecule has 0 amide bonds. The maximum atomic E-state index is 10.2. The first-order chi connectivity index (χ1) is 12.5. The van der Waals surface area contributed by atoms with Crippen LogP contribution in [0.1, 0.15) is 116 Å². The Hall–Kier alpha value is -0.723. The molecule has 0 fully saturated rings. The molecular formula is C22H41LiO4. The summed E-state index contributed by atoms with van der Waals surface area (Å²) in [7, 11) is 0. The monoisotopic (exact) mass is 376 g/mol. The minimum atomic E-state index is -0.903. The Labute approximate surface area is 179 Å². The van der Waals surface area contributed by atoms with Crippen molar-refractivity contribution in [1.29, 1.82) is 0 Å². The normalized spacial score (nSPS) is 9.67. The van der Waals surface area contributed by atoms with Gasteiger partial charge in [-0.3, -0.25) is 4.79 Å². The van der Waals surface area contributed by atoms with Crippen LogP contribution in [-0.2, 0) is 9.59 Å². The van der Waals surface area contributed by atoms with E-state index in [2.05, 4.69) is 13.5 Å². The molecule has 0 aliphatic carbocycles. The third-order valence-electron chi connectivity index (χ3n) is 4.30. The second kappa shape index (κ2) is 27.5. The van der Waals surface area contributed by atoms with Gasteiger partial charge in [-0.15, -0.1) is 6.58 Å². The van der Waals surface area contributed by atoms with Gasteiger partial charge in [-0.05, 0) is 12.8 Å². The number of carbonyl (C=O) groups excluding carboxylic acids is 1. The molecule has 0 aliphatic heterocycles. The summed E-state index contributed by atoms with van der Waals surface area (Å²) in [6.45, 7) is 5.49. The zero-order chi connectivity index (χ0) is 19.9. The summed E-state index contributed by atoms with van der Waals surface area (Å²) in [5, 5.41) is 18.1. The zero-order valence-corrected chi connectivity index (χ0v) is 18.0. The van der Waals surface area contributed by atoms with E-state index in [1.54, 1.807) is 0 Å². The van der Waals surface area contributed by atoms with Crippen molar-refractivity contribution in [3.63, 3.8) is 0 Å². The first-order valence-electron chi connectivity index (χ1n) is 10.6. The van der Waals surface area contributed by atoms with Gasteiger partial charge < -0.3 is 15.0 Å². The number of carboxylic acid groups (broad SMARTS) is 2. The van der Waals surface area contributed by atoms with Crippen LogP contribution in [0.5, 0.6) is 0 Å². The summed E-state index contributed by atoms with van der Waals surface area (Å²) in [4.78, 5) is 19.8. The molecule has 0 unspecified atom stereocenters. The van der Waals surface area contributed by atoms with Crippen molar-refractivity contribution < 1.29 is 38.7 Å². The summed E-state index contributed by atoms with van der Waals surface area (Å²) in [5.41, 5.74) is 0. The molecule has 5 heteroatoms. The van der Waals surface area contributed by atoms with Crippen LogP contribution >= 0.6 is 0 Å². The first-order valence-corrected chi connectivity index (χ1v) is 10.6. The van der Waals surface area contributed by atoms with Gasteiger partial charge in [0, 0.05) is 5.97 Å². The van der Waals surface area contributed by atoms with Crippen molar-refractivity contribution in [2.24, 2.45) is 0 Å². The van der Waals surface area contributed by atoms with Gasteiger partial charge >= 0.3 is 24.8 Å². The number of carboxylic acids is 2. The average molecular weight is 377 g/mol. The van der Waals surface area contributed by atoms with Crippen LogP contribution in [0.15, 0.2) is 12.7 Å². The summed E-state index contributed by atoms with van der Waals surface area (Å²) in [6.07, 6.45) is 21.3. The molecule has 0 saturated carbocycles. The van der Waals surface area contributed by atoms with Crippen molar-refractivity contribution >= 4 is 11.9 Å². The van der Waals surface area contributed by atoms with Gasteiger partial charge in [0.2, 0.25) is 0 Å². The molecule has 4 nitrogen and oxygen atoms in total. The molecule has 27 heavy (non-hydrogen) atoms. The fourth-order valence-electron chi connectivity index (χ4n) is 2.76. The molecule has 0 aromatic heterocycles. The van der Waals surface area contributed by atoms with Gasteiger partial charge in [-0.25, -0.2) is 0 Å². The molecular weight excluding hydrogens is 335 g/mol.